The minimum absolute atomic E-state index is 0.411. The Labute approximate surface area is 199 Å². The fraction of sp³-hybridized carbons (Fsp3) is 0.154. The number of hydrogen-bond donors (Lipinski definition) is 0. The molecule has 6 aromatic rings. The molecule has 0 amide bonds. The number of rotatable bonds is 5. The largest absolute Gasteiger partial charge is 0.493 e. The highest BCUT2D eigenvalue weighted by Crippen LogP contribution is 2.36. The normalized spacial score (nSPS) is 11.5. The molecular weight excluding hydrogens is 446 g/mol. The fourth-order valence-electron chi connectivity index (χ4n) is 4.19. The van der Waals surface area contributed by atoms with Crippen molar-refractivity contribution in [3.8, 4) is 22.9 Å². The van der Waals surface area contributed by atoms with E-state index in [2.05, 4.69) is 19.1 Å². The van der Waals surface area contributed by atoms with Crippen molar-refractivity contribution < 1.29 is 9.47 Å². The lowest BCUT2D eigenvalue weighted by Gasteiger charge is -2.10. The number of thiophene rings is 1. The summed E-state index contributed by atoms with van der Waals surface area (Å²) in [7, 11) is 1.64. The highest BCUT2D eigenvalue weighted by atomic mass is 32.1. The Morgan fingerprint density at radius 3 is 2.68 bits per heavy atom. The molecular formula is C26H21N5O2S. The van der Waals surface area contributed by atoms with Crippen LogP contribution in [0.3, 0.4) is 0 Å². The summed E-state index contributed by atoms with van der Waals surface area (Å²) in [5.74, 6) is 2.06. The smallest absolute Gasteiger partial charge is 0.182 e. The molecule has 4 heterocycles. The number of nitrogens with zero attached hydrogens (tertiary/aromatic N) is 5. The molecule has 2 aromatic carbocycles. The standard InChI is InChI=1S/C26H21N5O2S/c1-15-11-16(2)28-26-21(15)22-23(34-26)25-29-24(30-31(25)14-27-22)18-8-6-7-17(12-18)13-33-20-10-5-4-9-19(20)32-3/h4-12,14H,13H2,1-3H3. The van der Waals surface area contributed by atoms with Crippen LogP contribution in [0, 0.1) is 13.8 Å². The Balaban J connectivity index is 1.37. The molecule has 168 valence electrons. The molecule has 8 heteroatoms. The van der Waals surface area contributed by atoms with E-state index in [0.29, 0.717) is 23.9 Å². The molecule has 0 saturated heterocycles. The number of pyridine rings is 1. The zero-order chi connectivity index (χ0) is 23.2. The SMILES string of the molecule is COc1ccccc1OCc1cccc(-c2nc3c4sc5nc(C)cc(C)c5c4ncn3n2)c1. The molecule has 0 unspecified atom stereocenters. The van der Waals surface area contributed by atoms with Gasteiger partial charge in [0.1, 0.15) is 22.5 Å². The summed E-state index contributed by atoms with van der Waals surface area (Å²) >= 11 is 1.61. The van der Waals surface area contributed by atoms with E-state index in [1.54, 1.807) is 29.3 Å². The van der Waals surface area contributed by atoms with Crippen molar-refractivity contribution in [2.24, 2.45) is 0 Å². The quantitative estimate of drug-likeness (QED) is 0.321. The molecule has 0 spiro atoms. The van der Waals surface area contributed by atoms with Gasteiger partial charge >= 0.3 is 0 Å². The van der Waals surface area contributed by atoms with Gasteiger partial charge in [-0.25, -0.2) is 19.5 Å². The van der Waals surface area contributed by atoms with Crippen LogP contribution in [0.5, 0.6) is 11.5 Å². The minimum Gasteiger partial charge on any atom is -0.493 e. The number of aromatic nitrogens is 5. The van der Waals surface area contributed by atoms with Crippen LogP contribution in [-0.2, 0) is 6.61 Å². The van der Waals surface area contributed by atoms with E-state index in [0.717, 1.165) is 42.9 Å². The van der Waals surface area contributed by atoms with Crippen LogP contribution < -0.4 is 9.47 Å². The van der Waals surface area contributed by atoms with Crippen LogP contribution in [-0.4, -0.2) is 31.7 Å². The summed E-state index contributed by atoms with van der Waals surface area (Å²) in [5.41, 5.74) is 5.83. The lowest BCUT2D eigenvalue weighted by Crippen LogP contribution is -1.98. The molecule has 4 aromatic heterocycles. The third-order valence-corrected chi connectivity index (χ3v) is 6.81. The van der Waals surface area contributed by atoms with Gasteiger partial charge in [0.05, 0.1) is 12.6 Å². The predicted octanol–water partition coefficient (Wildman–Crippen LogP) is 5.76. The van der Waals surface area contributed by atoms with Crippen LogP contribution in [0.1, 0.15) is 16.8 Å². The van der Waals surface area contributed by atoms with Crippen LogP contribution in [0.2, 0.25) is 0 Å². The van der Waals surface area contributed by atoms with Crippen LogP contribution in [0.25, 0.3) is 37.5 Å². The molecule has 34 heavy (non-hydrogen) atoms. The van der Waals surface area contributed by atoms with Gasteiger partial charge in [0.2, 0.25) is 0 Å². The van der Waals surface area contributed by atoms with Crippen LogP contribution >= 0.6 is 11.3 Å². The van der Waals surface area contributed by atoms with Gasteiger partial charge < -0.3 is 9.47 Å². The molecule has 0 aliphatic rings. The number of fused-ring (bicyclic) bond motifs is 5. The number of ether oxygens (including phenoxy) is 2. The monoisotopic (exact) mass is 467 g/mol. The van der Waals surface area contributed by atoms with Gasteiger partial charge in [-0.3, -0.25) is 0 Å². The predicted molar refractivity (Wildman–Crippen MR) is 134 cm³/mol. The maximum Gasteiger partial charge on any atom is 0.182 e. The average Bonchev–Trinajstić information content (AvgIpc) is 3.44. The van der Waals surface area contributed by atoms with Crippen molar-refractivity contribution in [2.45, 2.75) is 20.5 Å². The van der Waals surface area contributed by atoms with E-state index in [1.807, 2.05) is 49.4 Å². The van der Waals surface area contributed by atoms with Gasteiger partial charge in [-0.05, 0) is 49.2 Å². The zero-order valence-corrected chi connectivity index (χ0v) is 19.8. The zero-order valence-electron chi connectivity index (χ0n) is 18.9. The van der Waals surface area contributed by atoms with Gasteiger partial charge in [0, 0.05) is 16.6 Å². The fourth-order valence-corrected chi connectivity index (χ4v) is 5.41. The second-order valence-electron chi connectivity index (χ2n) is 8.13. The van der Waals surface area contributed by atoms with Gasteiger partial charge in [0.25, 0.3) is 0 Å². The van der Waals surface area contributed by atoms with Crippen molar-refractivity contribution in [1.29, 1.82) is 0 Å². The topological polar surface area (TPSA) is 74.4 Å². The molecule has 0 N–H and O–H groups in total. The van der Waals surface area contributed by atoms with Crippen molar-refractivity contribution in [1.82, 2.24) is 24.6 Å². The molecule has 0 fully saturated rings. The molecule has 0 atom stereocenters. The van der Waals surface area contributed by atoms with E-state index in [9.17, 15) is 0 Å². The Morgan fingerprint density at radius 1 is 0.971 bits per heavy atom. The summed E-state index contributed by atoms with van der Waals surface area (Å²) < 4.78 is 14.1. The first-order valence-electron chi connectivity index (χ1n) is 10.9. The van der Waals surface area contributed by atoms with Crippen molar-refractivity contribution in [3.05, 3.63) is 77.7 Å². The molecule has 0 aliphatic heterocycles. The van der Waals surface area contributed by atoms with Gasteiger partial charge in [-0.2, -0.15) is 0 Å². The molecule has 7 nitrogen and oxygen atoms in total. The van der Waals surface area contributed by atoms with E-state index >= 15 is 0 Å². The van der Waals surface area contributed by atoms with Crippen LogP contribution in [0.4, 0.5) is 0 Å². The number of para-hydroxylation sites is 2. The highest BCUT2D eigenvalue weighted by Gasteiger charge is 2.17. The van der Waals surface area contributed by atoms with Crippen molar-refractivity contribution in [2.75, 3.05) is 7.11 Å². The van der Waals surface area contributed by atoms with E-state index in [-0.39, 0.29) is 0 Å². The molecule has 0 aliphatic carbocycles. The summed E-state index contributed by atoms with van der Waals surface area (Å²) in [5, 5.41) is 5.79. The van der Waals surface area contributed by atoms with Crippen molar-refractivity contribution >= 4 is 37.4 Å². The number of benzene rings is 2. The molecule has 0 bridgehead atoms. The van der Waals surface area contributed by atoms with E-state index in [4.69, 9.17) is 29.5 Å². The number of methoxy groups -OCH3 is 1. The molecule has 0 radical (unpaired) electrons. The summed E-state index contributed by atoms with van der Waals surface area (Å²) in [4.78, 5) is 15.3. The second kappa shape index (κ2) is 8.07. The van der Waals surface area contributed by atoms with Gasteiger partial charge in [0.15, 0.2) is 23.0 Å². The highest BCUT2D eigenvalue weighted by molar-refractivity contribution is 7.26. The molecule has 6 rings (SSSR count). The third-order valence-electron chi connectivity index (χ3n) is 5.74. The second-order valence-corrected chi connectivity index (χ2v) is 9.13. The maximum atomic E-state index is 5.99. The average molecular weight is 468 g/mol. The van der Waals surface area contributed by atoms with E-state index in [1.165, 1.54) is 5.56 Å². The third kappa shape index (κ3) is 3.43. The van der Waals surface area contributed by atoms with Gasteiger partial charge in [-0.15, -0.1) is 16.4 Å². The lowest BCUT2D eigenvalue weighted by molar-refractivity contribution is 0.284. The Kier molecular flexibility index (Phi) is 4.88. The number of hydrogen-bond acceptors (Lipinski definition) is 7. The first kappa shape index (κ1) is 20.6. The first-order valence-corrected chi connectivity index (χ1v) is 11.7. The number of aryl methyl sites for hydroxylation is 2. The summed E-state index contributed by atoms with van der Waals surface area (Å²) in [6.45, 7) is 4.52. The van der Waals surface area contributed by atoms with Crippen molar-refractivity contribution in [3.63, 3.8) is 0 Å². The summed E-state index contributed by atoms with van der Waals surface area (Å²) in [6, 6.07) is 17.8. The maximum absolute atomic E-state index is 5.99. The summed E-state index contributed by atoms with van der Waals surface area (Å²) in [6.07, 6.45) is 1.73. The first-order chi connectivity index (χ1) is 16.6. The lowest BCUT2D eigenvalue weighted by atomic mass is 10.1. The Bertz CT molecular complexity index is 1690. The Morgan fingerprint density at radius 2 is 1.82 bits per heavy atom. The van der Waals surface area contributed by atoms with Gasteiger partial charge in [-0.1, -0.05) is 30.3 Å². The minimum atomic E-state index is 0.411. The van der Waals surface area contributed by atoms with Crippen LogP contribution in [0.15, 0.2) is 60.9 Å². The molecule has 0 saturated carbocycles. The Hall–Kier alpha value is -4.04. The van der Waals surface area contributed by atoms with E-state index < -0.39 is 0 Å².